The molecule has 1 aliphatic heterocycles. The summed E-state index contributed by atoms with van der Waals surface area (Å²) >= 11 is 0. The van der Waals surface area contributed by atoms with Gasteiger partial charge in [-0.25, -0.2) is 0 Å². The number of ether oxygens (including phenoxy) is 2. The Hall–Kier alpha value is -4.00. The SMILES string of the molecule is COc1cccc(OC)c1C(=O)Nc1ccc(N2CCC(Cc3ccccc3)CC2)c(C(=O)NC(C)C)c1. The van der Waals surface area contributed by atoms with E-state index in [2.05, 4.69) is 45.9 Å². The number of hydrogen-bond acceptors (Lipinski definition) is 5. The van der Waals surface area contributed by atoms with Crippen LogP contribution in [0.5, 0.6) is 11.5 Å². The van der Waals surface area contributed by atoms with Crippen molar-refractivity contribution >= 4 is 23.2 Å². The molecular formula is C31H37N3O4. The number of carbonyl (C=O) groups excluding carboxylic acids is 2. The van der Waals surface area contributed by atoms with Gasteiger partial charge in [-0.1, -0.05) is 36.4 Å². The zero-order valence-corrected chi connectivity index (χ0v) is 22.6. The number of nitrogens with one attached hydrogen (secondary N) is 2. The summed E-state index contributed by atoms with van der Waals surface area (Å²) in [6.07, 6.45) is 3.20. The lowest BCUT2D eigenvalue weighted by Gasteiger charge is -2.35. The van der Waals surface area contributed by atoms with E-state index in [0.717, 1.165) is 38.0 Å². The molecule has 7 nitrogen and oxygen atoms in total. The molecule has 0 bridgehead atoms. The van der Waals surface area contributed by atoms with Gasteiger partial charge in [-0.2, -0.15) is 0 Å². The smallest absolute Gasteiger partial charge is 0.263 e. The van der Waals surface area contributed by atoms with Crippen molar-refractivity contribution < 1.29 is 19.1 Å². The molecule has 3 aromatic carbocycles. The van der Waals surface area contributed by atoms with E-state index in [0.29, 0.717) is 34.2 Å². The Kier molecular flexibility index (Phi) is 8.89. The van der Waals surface area contributed by atoms with Gasteiger partial charge in [0, 0.05) is 30.5 Å². The lowest BCUT2D eigenvalue weighted by atomic mass is 9.89. The van der Waals surface area contributed by atoms with Crippen molar-refractivity contribution in [2.45, 2.75) is 39.2 Å². The van der Waals surface area contributed by atoms with Crippen molar-refractivity contribution in [3.8, 4) is 11.5 Å². The number of rotatable bonds is 9. The molecule has 0 atom stereocenters. The Morgan fingerprint density at radius 3 is 2.16 bits per heavy atom. The molecule has 7 heteroatoms. The highest BCUT2D eigenvalue weighted by Gasteiger charge is 2.25. The predicted molar refractivity (Wildman–Crippen MR) is 152 cm³/mol. The van der Waals surface area contributed by atoms with E-state index in [1.807, 2.05) is 26.0 Å². The zero-order chi connectivity index (χ0) is 27.1. The Morgan fingerprint density at radius 1 is 0.895 bits per heavy atom. The molecule has 2 amide bonds. The molecule has 1 aliphatic rings. The fraction of sp³-hybridized carbons (Fsp3) is 0.355. The van der Waals surface area contributed by atoms with Gasteiger partial charge < -0.3 is 25.0 Å². The number of carbonyl (C=O) groups is 2. The molecule has 3 aromatic rings. The van der Waals surface area contributed by atoms with Gasteiger partial charge in [0.2, 0.25) is 0 Å². The maximum Gasteiger partial charge on any atom is 0.263 e. The molecule has 200 valence electrons. The summed E-state index contributed by atoms with van der Waals surface area (Å²) in [6.45, 7) is 5.63. The lowest BCUT2D eigenvalue weighted by molar-refractivity contribution is 0.0942. The first-order valence-corrected chi connectivity index (χ1v) is 13.2. The highest BCUT2D eigenvalue weighted by molar-refractivity contribution is 6.09. The molecule has 0 saturated carbocycles. The van der Waals surface area contributed by atoms with Crippen molar-refractivity contribution in [2.24, 2.45) is 5.92 Å². The highest BCUT2D eigenvalue weighted by Crippen LogP contribution is 2.32. The van der Waals surface area contributed by atoms with Crippen LogP contribution in [-0.2, 0) is 6.42 Å². The average Bonchev–Trinajstić information content (AvgIpc) is 2.93. The average molecular weight is 516 g/mol. The molecule has 0 aromatic heterocycles. The summed E-state index contributed by atoms with van der Waals surface area (Å²) in [6, 6.07) is 21.3. The number of piperidine rings is 1. The van der Waals surface area contributed by atoms with Crippen LogP contribution in [0.15, 0.2) is 66.7 Å². The quantitative estimate of drug-likeness (QED) is 0.390. The van der Waals surface area contributed by atoms with E-state index >= 15 is 0 Å². The van der Waals surface area contributed by atoms with Gasteiger partial charge in [-0.15, -0.1) is 0 Å². The fourth-order valence-corrected chi connectivity index (χ4v) is 5.01. The Labute approximate surface area is 225 Å². The summed E-state index contributed by atoms with van der Waals surface area (Å²) < 4.78 is 10.8. The second-order valence-electron chi connectivity index (χ2n) is 9.97. The van der Waals surface area contributed by atoms with E-state index in [4.69, 9.17) is 9.47 Å². The highest BCUT2D eigenvalue weighted by atomic mass is 16.5. The van der Waals surface area contributed by atoms with Crippen LogP contribution in [0.2, 0.25) is 0 Å². The minimum absolute atomic E-state index is 0.0111. The largest absolute Gasteiger partial charge is 0.496 e. The van der Waals surface area contributed by atoms with Crippen LogP contribution >= 0.6 is 0 Å². The normalized spacial score (nSPS) is 13.8. The summed E-state index contributed by atoms with van der Waals surface area (Å²) in [5, 5.41) is 5.93. The second-order valence-corrected chi connectivity index (χ2v) is 9.97. The number of nitrogens with zero attached hydrogens (tertiary/aromatic N) is 1. The van der Waals surface area contributed by atoms with E-state index in [-0.39, 0.29) is 17.9 Å². The van der Waals surface area contributed by atoms with Crippen LogP contribution in [-0.4, -0.2) is 45.2 Å². The summed E-state index contributed by atoms with van der Waals surface area (Å²) in [5.41, 5.74) is 3.63. The molecule has 38 heavy (non-hydrogen) atoms. The maximum absolute atomic E-state index is 13.2. The van der Waals surface area contributed by atoms with Gasteiger partial charge in [0.15, 0.2) is 0 Å². The van der Waals surface area contributed by atoms with Crippen LogP contribution in [0, 0.1) is 5.92 Å². The minimum Gasteiger partial charge on any atom is -0.496 e. The number of hydrogen-bond donors (Lipinski definition) is 2. The van der Waals surface area contributed by atoms with Gasteiger partial charge in [-0.3, -0.25) is 9.59 Å². The summed E-state index contributed by atoms with van der Waals surface area (Å²) in [4.78, 5) is 28.7. The van der Waals surface area contributed by atoms with Crippen LogP contribution in [0.25, 0.3) is 0 Å². The minimum atomic E-state index is -0.371. The number of methoxy groups -OCH3 is 2. The van der Waals surface area contributed by atoms with Gasteiger partial charge in [0.1, 0.15) is 17.1 Å². The van der Waals surface area contributed by atoms with Crippen LogP contribution in [0.3, 0.4) is 0 Å². The Bertz CT molecular complexity index is 1230. The van der Waals surface area contributed by atoms with Crippen molar-refractivity contribution in [1.29, 1.82) is 0 Å². The number of anilines is 2. The van der Waals surface area contributed by atoms with Gasteiger partial charge in [0.25, 0.3) is 11.8 Å². The molecule has 0 unspecified atom stereocenters. The standard InChI is InChI=1S/C31H37N3O4/c1-21(2)32-30(35)25-20-24(33-31(36)29-27(37-3)11-8-12-28(29)38-4)13-14-26(25)34-17-15-23(16-18-34)19-22-9-6-5-7-10-22/h5-14,20-21,23H,15-19H2,1-4H3,(H,32,35)(H,33,36). The monoisotopic (exact) mass is 515 g/mol. The molecule has 4 rings (SSSR count). The number of amides is 2. The third kappa shape index (κ3) is 6.46. The first kappa shape index (κ1) is 27.0. The topological polar surface area (TPSA) is 79.9 Å². The van der Waals surface area contributed by atoms with E-state index in [9.17, 15) is 9.59 Å². The number of benzene rings is 3. The lowest BCUT2D eigenvalue weighted by Crippen LogP contribution is -2.37. The molecule has 1 saturated heterocycles. The van der Waals surface area contributed by atoms with E-state index in [1.54, 1.807) is 24.3 Å². The second kappa shape index (κ2) is 12.5. The molecule has 1 fully saturated rings. The van der Waals surface area contributed by atoms with Gasteiger partial charge in [-0.05, 0) is 74.9 Å². The zero-order valence-electron chi connectivity index (χ0n) is 22.6. The summed E-state index contributed by atoms with van der Waals surface area (Å²) in [7, 11) is 3.02. The fourth-order valence-electron chi connectivity index (χ4n) is 5.01. The van der Waals surface area contributed by atoms with Gasteiger partial charge >= 0.3 is 0 Å². The van der Waals surface area contributed by atoms with Crippen molar-refractivity contribution in [2.75, 3.05) is 37.5 Å². The Morgan fingerprint density at radius 2 is 1.55 bits per heavy atom. The van der Waals surface area contributed by atoms with Crippen LogP contribution in [0.4, 0.5) is 11.4 Å². The molecular weight excluding hydrogens is 478 g/mol. The van der Waals surface area contributed by atoms with Crippen molar-refractivity contribution in [3.63, 3.8) is 0 Å². The van der Waals surface area contributed by atoms with E-state index in [1.165, 1.54) is 19.8 Å². The van der Waals surface area contributed by atoms with Gasteiger partial charge in [0.05, 0.1) is 19.8 Å². The van der Waals surface area contributed by atoms with Crippen LogP contribution in [0.1, 0.15) is 53.0 Å². The third-order valence-electron chi connectivity index (χ3n) is 6.90. The first-order valence-electron chi connectivity index (χ1n) is 13.2. The van der Waals surface area contributed by atoms with Crippen LogP contribution < -0.4 is 25.0 Å². The molecule has 0 radical (unpaired) electrons. The van der Waals surface area contributed by atoms with E-state index < -0.39 is 0 Å². The van der Waals surface area contributed by atoms with Crippen molar-refractivity contribution in [1.82, 2.24) is 5.32 Å². The predicted octanol–water partition coefficient (Wildman–Crippen LogP) is 5.55. The van der Waals surface area contributed by atoms with Crippen molar-refractivity contribution in [3.05, 3.63) is 83.4 Å². The maximum atomic E-state index is 13.2. The molecule has 0 aliphatic carbocycles. The molecule has 0 spiro atoms. The third-order valence-corrected chi connectivity index (χ3v) is 6.90. The Balaban J connectivity index is 1.54. The first-order chi connectivity index (χ1) is 18.4. The summed E-state index contributed by atoms with van der Waals surface area (Å²) in [5.74, 6) is 0.914. The molecule has 2 N–H and O–H groups in total. The molecule has 1 heterocycles.